The summed E-state index contributed by atoms with van der Waals surface area (Å²) in [5, 5.41) is 2.65. The van der Waals surface area contributed by atoms with E-state index in [4.69, 9.17) is 22.4 Å². The van der Waals surface area contributed by atoms with E-state index in [9.17, 15) is 4.79 Å². The number of carbonyl (C=O) groups excluding carboxylic acids is 1. The van der Waals surface area contributed by atoms with Crippen LogP contribution < -0.4 is 11.1 Å². The Hall–Kier alpha value is -2.15. The molecule has 0 spiro atoms. The first kappa shape index (κ1) is 11.3. The molecule has 1 amide bonds. The Morgan fingerprint density at radius 2 is 2.47 bits per heavy atom. The zero-order valence-electron chi connectivity index (χ0n) is 8.77. The van der Waals surface area contributed by atoms with Gasteiger partial charge in [0, 0.05) is 6.20 Å². The van der Waals surface area contributed by atoms with Crippen LogP contribution in [0.1, 0.15) is 16.1 Å². The molecule has 2 aromatic heterocycles. The van der Waals surface area contributed by atoms with E-state index in [-0.39, 0.29) is 22.1 Å². The molecule has 0 aliphatic rings. The number of rotatable bonds is 3. The van der Waals surface area contributed by atoms with Crippen molar-refractivity contribution in [2.75, 3.05) is 5.73 Å². The predicted octanol–water partition coefficient (Wildman–Crippen LogP) is 1.24. The summed E-state index contributed by atoms with van der Waals surface area (Å²) in [5.41, 5.74) is 5.88. The molecule has 7 heteroatoms. The third-order valence-corrected chi connectivity index (χ3v) is 2.30. The summed E-state index contributed by atoms with van der Waals surface area (Å²) in [6.07, 6.45) is 2.88. The van der Waals surface area contributed by atoms with Crippen LogP contribution in [0, 0.1) is 4.77 Å². The second kappa shape index (κ2) is 4.79. The van der Waals surface area contributed by atoms with Gasteiger partial charge < -0.3 is 20.5 Å². The van der Waals surface area contributed by atoms with Crippen molar-refractivity contribution in [1.82, 2.24) is 15.3 Å². The molecular formula is C10H10N4O2S. The van der Waals surface area contributed by atoms with Crippen LogP contribution >= 0.6 is 12.2 Å². The van der Waals surface area contributed by atoms with Gasteiger partial charge >= 0.3 is 0 Å². The number of amides is 1. The lowest BCUT2D eigenvalue weighted by molar-refractivity contribution is 0.0948. The number of nitrogens with two attached hydrogens (primary N) is 1. The van der Waals surface area contributed by atoms with Gasteiger partial charge in [0.1, 0.15) is 11.6 Å². The zero-order valence-corrected chi connectivity index (χ0v) is 9.58. The third kappa shape index (κ3) is 2.70. The fourth-order valence-corrected chi connectivity index (χ4v) is 1.43. The quantitative estimate of drug-likeness (QED) is 0.712. The van der Waals surface area contributed by atoms with Crippen LogP contribution in [0.3, 0.4) is 0 Å². The molecule has 2 rings (SSSR count). The van der Waals surface area contributed by atoms with Gasteiger partial charge in [-0.2, -0.15) is 0 Å². The van der Waals surface area contributed by atoms with Crippen molar-refractivity contribution in [1.29, 1.82) is 0 Å². The van der Waals surface area contributed by atoms with Crippen LogP contribution in [-0.2, 0) is 6.54 Å². The first-order chi connectivity index (χ1) is 8.16. The van der Waals surface area contributed by atoms with Crippen LogP contribution in [0.5, 0.6) is 0 Å². The summed E-state index contributed by atoms with van der Waals surface area (Å²) in [7, 11) is 0. The molecule has 0 aromatic carbocycles. The van der Waals surface area contributed by atoms with Crippen molar-refractivity contribution in [2.45, 2.75) is 6.54 Å². The Balaban J connectivity index is 2.07. The summed E-state index contributed by atoms with van der Waals surface area (Å²) in [5.74, 6) is 0.522. The number of hydrogen-bond acceptors (Lipinski definition) is 5. The summed E-state index contributed by atoms with van der Waals surface area (Å²) in [6.45, 7) is 0.293. The Kier molecular flexibility index (Phi) is 3.20. The molecule has 0 aliphatic heterocycles. The van der Waals surface area contributed by atoms with E-state index in [1.165, 1.54) is 12.5 Å². The van der Waals surface area contributed by atoms with E-state index >= 15 is 0 Å². The van der Waals surface area contributed by atoms with Gasteiger partial charge in [-0.3, -0.25) is 4.79 Å². The smallest absolute Gasteiger partial charge is 0.256 e. The normalized spacial score (nSPS) is 10.1. The molecule has 0 atom stereocenters. The molecule has 2 aromatic rings. The number of nitrogens with zero attached hydrogens (tertiary/aromatic N) is 1. The lowest BCUT2D eigenvalue weighted by Crippen LogP contribution is -2.24. The van der Waals surface area contributed by atoms with Crippen LogP contribution in [0.25, 0.3) is 0 Å². The largest absolute Gasteiger partial charge is 0.467 e. The van der Waals surface area contributed by atoms with Crippen molar-refractivity contribution in [3.63, 3.8) is 0 Å². The lowest BCUT2D eigenvalue weighted by atomic mass is 10.3. The maximum absolute atomic E-state index is 11.7. The van der Waals surface area contributed by atoms with Crippen molar-refractivity contribution < 1.29 is 9.21 Å². The monoisotopic (exact) mass is 250 g/mol. The van der Waals surface area contributed by atoms with Gasteiger partial charge in [-0.15, -0.1) is 0 Å². The minimum Gasteiger partial charge on any atom is -0.467 e. The van der Waals surface area contributed by atoms with Gasteiger partial charge in [0.05, 0.1) is 18.4 Å². The van der Waals surface area contributed by atoms with E-state index in [2.05, 4.69) is 15.3 Å². The van der Waals surface area contributed by atoms with E-state index in [0.717, 1.165) is 0 Å². The number of furan rings is 1. The van der Waals surface area contributed by atoms with Crippen molar-refractivity contribution in [2.24, 2.45) is 0 Å². The molecule has 0 saturated heterocycles. The molecule has 4 N–H and O–H groups in total. The van der Waals surface area contributed by atoms with E-state index in [0.29, 0.717) is 12.3 Å². The molecule has 6 nitrogen and oxygen atoms in total. The maximum Gasteiger partial charge on any atom is 0.256 e. The van der Waals surface area contributed by atoms with Crippen molar-refractivity contribution in [3.8, 4) is 0 Å². The molecule has 0 saturated carbocycles. The second-order valence-electron chi connectivity index (χ2n) is 3.28. The van der Waals surface area contributed by atoms with E-state index in [1.54, 1.807) is 12.1 Å². The highest BCUT2D eigenvalue weighted by atomic mass is 32.1. The maximum atomic E-state index is 11.7. The van der Waals surface area contributed by atoms with Gasteiger partial charge in [-0.25, -0.2) is 4.98 Å². The van der Waals surface area contributed by atoms with Crippen LogP contribution in [0.15, 0.2) is 29.0 Å². The Morgan fingerprint density at radius 3 is 3.12 bits per heavy atom. The molecule has 0 unspecified atom stereocenters. The van der Waals surface area contributed by atoms with Crippen LogP contribution in [0.4, 0.5) is 5.82 Å². The molecular weight excluding hydrogens is 240 g/mol. The number of H-pyrrole nitrogens is 1. The average molecular weight is 250 g/mol. The Morgan fingerprint density at radius 1 is 1.65 bits per heavy atom. The number of aromatic nitrogens is 2. The number of nitrogens with one attached hydrogen (secondary N) is 2. The van der Waals surface area contributed by atoms with Crippen LogP contribution in [-0.4, -0.2) is 15.9 Å². The van der Waals surface area contributed by atoms with Crippen molar-refractivity contribution in [3.05, 3.63) is 40.7 Å². The predicted molar refractivity (Wildman–Crippen MR) is 63.7 cm³/mol. The first-order valence-corrected chi connectivity index (χ1v) is 5.23. The zero-order chi connectivity index (χ0) is 12.3. The highest BCUT2D eigenvalue weighted by Crippen LogP contribution is 2.06. The highest BCUT2D eigenvalue weighted by Gasteiger charge is 2.10. The minimum absolute atomic E-state index is 0.196. The molecule has 2 heterocycles. The molecule has 88 valence electrons. The van der Waals surface area contributed by atoms with E-state index in [1.807, 2.05) is 0 Å². The Labute approximate surface area is 102 Å². The third-order valence-electron chi connectivity index (χ3n) is 2.09. The first-order valence-electron chi connectivity index (χ1n) is 4.82. The number of hydrogen-bond donors (Lipinski definition) is 3. The SMILES string of the molecule is Nc1[nH]c(=S)ncc1C(=O)NCc1ccco1. The molecule has 0 aliphatic carbocycles. The fourth-order valence-electron chi connectivity index (χ4n) is 1.26. The van der Waals surface area contributed by atoms with Gasteiger partial charge in [0.2, 0.25) is 0 Å². The number of anilines is 1. The molecule has 17 heavy (non-hydrogen) atoms. The highest BCUT2D eigenvalue weighted by molar-refractivity contribution is 7.71. The fraction of sp³-hybridized carbons (Fsp3) is 0.100. The number of aromatic amines is 1. The summed E-state index contributed by atoms with van der Waals surface area (Å²) >= 11 is 4.78. The van der Waals surface area contributed by atoms with Gasteiger partial charge in [-0.1, -0.05) is 0 Å². The number of carbonyl (C=O) groups is 1. The summed E-state index contributed by atoms with van der Waals surface area (Å²) in [4.78, 5) is 18.2. The average Bonchev–Trinajstić information content (AvgIpc) is 2.78. The van der Waals surface area contributed by atoms with Crippen LogP contribution in [0.2, 0.25) is 0 Å². The topological polar surface area (TPSA) is 96.9 Å². The van der Waals surface area contributed by atoms with Gasteiger partial charge in [0.15, 0.2) is 4.77 Å². The van der Waals surface area contributed by atoms with Gasteiger partial charge in [-0.05, 0) is 24.4 Å². The standard InChI is InChI=1S/C10H10N4O2S/c11-8-7(5-13-10(17)14-8)9(15)12-4-6-2-1-3-16-6/h1-3,5H,4H2,(H,12,15)(H3,11,13,14,17). The second-order valence-corrected chi connectivity index (χ2v) is 3.66. The van der Waals surface area contributed by atoms with E-state index < -0.39 is 0 Å². The molecule has 0 radical (unpaired) electrons. The molecule has 0 bridgehead atoms. The lowest BCUT2D eigenvalue weighted by Gasteiger charge is -2.05. The Bertz CT molecular complexity index is 576. The van der Waals surface area contributed by atoms with Gasteiger partial charge in [0.25, 0.3) is 5.91 Å². The summed E-state index contributed by atoms with van der Waals surface area (Å²) in [6, 6.07) is 3.51. The minimum atomic E-state index is -0.336. The number of nitrogen functional groups attached to an aromatic ring is 1. The summed E-state index contributed by atoms with van der Waals surface area (Å²) < 4.78 is 5.32. The molecule has 0 fully saturated rings. The van der Waals surface area contributed by atoms with Crippen molar-refractivity contribution >= 4 is 23.9 Å².